The Bertz CT molecular complexity index is 948. The summed E-state index contributed by atoms with van der Waals surface area (Å²) in [5, 5.41) is 13.5. The molecule has 3 aromatic carbocycles. The van der Waals surface area contributed by atoms with Crippen LogP contribution in [0.15, 0.2) is 66.7 Å². The van der Waals surface area contributed by atoms with Crippen LogP contribution in [0.3, 0.4) is 0 Å². The van der Waals surface area contributed by atoms with Crippen LogP contribution in [0.1, 0.15) is 41.5 Å². The van der Waals surface area contributed by atoms with E-state index in [4.69, 9.17) is 0 Å². The fraction of sp³-hybridized carbons (Fsp3) is 0.308. The lowest BCUT2D eigenvalue weighted by molar-refractivity contribution is 0.221. The number of aryl methyl sites for hydroxylation is 1. The summed E-state index contributed by atoms with van der Waals surface area (Å²) in [7, 11) is 0.475. The molecule has 2 nitrogen and oxygen atoms in total. The van der Waals surface area contributed by atoms with Gasteiger partial charge >= 0.3 is 0 Å². The highest BCUT2D eigenvalue weighted by atomic mass is 31.1. The molecule has 0 saturated carbocycles. The van der Waals surface area contributed by atoms with Gasteiger partial charge in [-0.15, -0.1) is 0 Å². The van der Waals surface area contributed by atoms with E-state index in [1.165, 1.54) is 54.3 Å². The molecule has 1 N–H and O–H groups in total. The molecule has 0 spiro atoms. The number of para-hydroxylation sites is 1. The third kappa shape index (κ3) is 5.07. The van der Waals surface area contributed by atoms with Crippen molar-refractivity contribution in [1.29, 1.82) is 0 Å². The van der Waals surface area contributed by atoms with Crippen LogP contribution in [0, 0.1) is 6.92 Å². The Morgan fingerprint density at radius 1 is 0.828 bits per heavy atom. The van der Waals surface area contributed by atoms with Crippen LogP contribution < -0.4 is 10.6 Å². The van der Waals surface area contributed by atoms with Crippen molar-refractivity contribution in [2.75, 3.05) is 13.1 Å². The molecule has 0 aromatic heterocycles. The summed E-state index contributed by atoms with van der Waals surface area (Å²) in [6.07, 6.45) is 4.75. The maximum atomic E-state index is 11.0. The van der Waals surface area contributed by atoms with Gasteiger partial charge in [0, 0.05) is 18.3 Å². The zero-order valence-corrected chi connectivity index (χ0v) is 18.2. The smallest absolute Gasteiger partial charge is 0.126 e. The standard InChI is InChI=1S/C26H30NOP/c1-20-10-8-14-23(19-27-16-6-3-7-17-27)26(20)29-24-15-9-13-22(25(24)28)18-21-11-4-2-5-12-21/h2,4-5,8-15,28-29H,3,6-7,16-19H2,1H3. The number of piperidine rings is 1. The number of benzene rings is 3. The lowest BCUT2D eigenvalue weighted by atomic mass is 10.0. The van der Waals surface area contributed by atoms with Crippen molar-refractivity contribution in [2.24, 2.45) is 0 Å². The molecule has 3 heteroatoms. The zero-order chi connectivity index (χ0) is 20.1. The van der Waals surface area contributed by atoms with Crippen LogP contribution in [0.4, 0.5) is 0 Å². The van der Waals surface area contributed by atoms with E-state index in [1.54, 1.807) is 0 Å². The summed E-state index contributed by atoms with van der Waals surface area (Å²) >= 11 is 0. The number of rotatable bonds is 6. The monoisotopic (exact) mass is 403 g/mol. The summed E-state index contributed by atoms with van der Waals surface area (Å²) < 4.78 is 0. The predicted octanol–water partition coefficient (Wildman–Crippen LogP) is 4.91. The minimum atomic E-state index is 0.460. The van der Waals surface area contributed by atoms with E-state index in [1.807, 2.05) is 12.1 Å². The molecule has 4 rings (SSSR count). The maximum Gasteiger partial charge on any atom is 0.126 e. The highest BCUT2D eigenvalue weighted by Crippen LogP contribution is 2.27. The molecule has 1 atom stereocenters. The molecule has 0 radical (unpaired) electrons. The molecule has 1 heterocycles. The van der Waals surface area contributed by atoms with Gasteiger partial charge in [-0.3, -0.25) is 4.90 Å². The maximum absolute atomic E-state index is 11.0. The van der Waals surface area contributed by atoms with Gasteiger partial charge in [0.05, 0.1) is 0 Å². The quantitative estimate of drug-likeness (QED) is 0.592. The lowest BCUT2D eigenvalue weighted by Gasteiger charge is -2.27. The van der Waals surface area contributed by atoms with Crippen molar-refractivity contribution in [3.8, 4) is 5.75 Å². The van der Waals surface area contributed by atoms with Crippen molar-refractivity contribution >= 4 is 19.2 Å². The summed E-state index contributed by atoms with van der Waals surface area (Å²) in [4.78, 5) is 2.58. The molecule has 29 heavy (non-hydrogen) atoms. The number of likely N-dealkylation sites (tertiary alicyclic amines) is 1. The Morgan fingerprint density at radius 3 is 2.34 bits per heavy atom. The first-order valence-corrected chi connectivity index (χ1v) is 11.6. The zero-order valence-electron chi connectivity index (χ0n) is 17.2. The fourth-order valence-corrected chi connectivity index (χ4v) is 5.51. The second-order valence-electron chi connectivity index (χ2n) is 8.05. The van der Waals surface area contributed by atoms with Crippen LogP contribution in [0.25, 0.3) is 0 Å². The van der Waals surface area contributed by atoms with Crippen molar-refractivity contribution < 1.29 is 5.11 Å². The third-order valence-electron chi connectivity index (χ3n) is 5.82. The first kappa shape index (κ1) is 20.1. The van der Waals surface area contributed by atoms with Crippen LogP contribution in [0.2, 0.25) is 0 Å². The molecule has 1 saturated heterocycles. The van der Waals surface area contributed by atoms with Gasteiger partial charge in [-0.05, 0) is 60.4 Å². The van der Waals surface area contributed by atoms with Crippen molar-refractivity contribution in [1.82, 2.24) is 4.90 Å². The Morgan fingerprint density at radius 2 is 1.55 bits per heavy atom. The number of hydrogen-bond donors (Lipinski definition) is 1. The van der Waals surface area contributed by atoms with Crippen LogP contribution >= 0.6 is 8.58 Å². The SMILES string of the molecule is Cc1cccc(CN2CCCCC2)c1Pc1cccc(Cc2ccccc2)c1O. The van der Waals surface area contributed by atoms with E-state index < -0.39 is 0 Å². The van der Waals surface area contributed by atoms with E-state index in [0.717, 1.165) is 23.8 Å². The summed E-state index contributed by atoms with van der Waals surface area (Å²) in [6, 6.07) is 23.2. The van der Waals surface area contributed by atoms with E-state index in [9.17, 15) is 5.11 Å². The molecule has 150 valence electrons. The topological polar surface area (TPSA) is 23.5 Å². The van der Waals surface area contributed by atoms with Crippen molar-refractivity contribution in [3.63, 3.8) is 0 Å². The average Bonchev–Trinajstić information content (AvgIpc) is 2.75. The molecule has 3 aromatic rings. The number of aromatic hydroxyl groups is 1. The summed E-state index contributed by atoms with van der Waals surface area (Å²) in [5.41, 5.74) is 4.97. The largest absolute Gasteiger partial charge is 0.507 e. The molecule has 1 fully saturated rings. The van der Waals surface area contributed by atoms with E-state index >= 15 is 0 Å². The normalized spacial score (nSPS) is 15.2. The molecule has 1 unspecified atom stereocenters. The fourth-order valence-electron chi connectivity index (χ4n) is 4.18. The summed E-state index contributed by atoms with van der Waals surface area (Å²) in [5.74, 6) is 0.460. The molecular weight excluding hydrogens is 373 g/mol. The average molecular weight is 404 g/mol. The Hall–Kier alpha value is -2.15. The second-order valence-corrected chi connectivity index (χ2v) is 9.34. The number of nitrogens with zero attached hydrogens (tertiary/aromatic N) is 1. The van der Waals surface area contributed by atoms with Crippen LogP contribution in [-0.4, -0.2) is 23.1 Å². The van der Waals surface area contributed by atoms with E-state index in [-0.39, 0.29) is 0 Å². The minimum absolute atomic E-state index is 0.460. The highest BCUT2D eigenvalue weighted by molar-refractivity contribution is 7.56. The van der Waals surface area contributed by atoms with Gasteiger partial charge in [0.1, 0.15) is 5.75 Å². The first-order valence-electron chi connectivity index (χ1n) is 10.6. The first-order chi connectivity index (χ1) is 14.2. The number of phenolic OH excluding ortho intramolecular Hbond substituents is 1. The van der Waals surface area contributed by atoms with Crippen LogP contribution in [0.5, 0.6) is 5.75 Å². The van der Waals surface area contributed by atoms with Gasteiger partial charge in [0.15, 0.2) is 0 Å². The molecule has 1 aliphatic heterocycles. The number of phenols is 1. The molecule has 0 aliphatic carbocycles. The third-order valence-corrected chi connectivity index (χ3v) is 7.46. The van der Waals surface area contributed by atoms with Crippen molar-refractivity contribution in [3.05, 3.63) is 89.0 Å². The Balaban J connectivity index is 1.58. The van der Waals surface area contributed by atoms with Gasteiger partial charge in [0.25, 0.3) is 0 Å². The highest BCUT2D eigenvalue weighted by Gasteiger charge is 2.16. The van der Waals surface area contributed by atoms with E-state index in [0.29, 0.717) is 14.3 Å². The van der Waals surface area contributed by atoms with Gasteiger partial charge < -0.3 is 5.11 Å². The Kier molecular flexibility index (Phi) is 6.64. The molecule has 0 amide bonds. The summed E-state index contributed by atoms with van der Waals surface area (Å²) in [6.45, 7) is 5.63. The minimum Gasteiger partial charge on any atom is -0.507 e. The second kappa shape index (κ2) is 9.57. The van der Waals surface area contributed by atoms with Gasteiger partial charge in [0.2, 0.25) is 0 Å². The Labute approximate surface area is 176 Å². The van der Waals surface area contributed by atoms with Crippen molar-refractivity contribution in [2.45, 2.75) is 39.2 Å². The molecule has 1 aliphatic rings. The molecule has 0 bridgehead atoms. The van der Waals surface area contributed by atoms with Gasteiger partial charge in [-0.1, -0.05) is 81.7 Å². The van der Waals surface area contributed by atoms with Crippen LogP contribution in [-0.2, 0) is 13.0 Å². The van der Waals surface area contributed by atoms with Gasteiger partial charge in [-0.2, -0.15) is 0 Å². The van der Waals surface area contributed by atoms with E-state index in [2.05, 4.69) is 66.4 Å². The van der Waals surface area contributed by atoms with Gasteiger partial charge in [-0.25, -0.2) is 0 Å². The molecular formula is C26H30NOP. The number of hydrogen-bond acceptors (Lipinski definition) is 2. The predicted molar refractivity (Wildman–Crippen MR) is 125 cm³/mol. The lowest BCUT2D eigenvalue weighted by Crippen LogP contribution is -2.31.